The number of hydrogen-bond donors (Lipinski definition) is 0. The average Bonchev–Trinajstić information content (AvgIpc) is 2.53. The van der Waals surface area contributed by atoms with Gasteiger partial charge < -0.3 is 14.2 Å². The molecule has 0 radical (unpaired) electrons. The molecule has 1 aromatic carbocycles. The molecule has 0 spiro atoms. The number of nitrogens with zero attached hydrogens (tertiary/aromatic N) is 1. The number of esters is 1. The van der Waals surface area contributed by atoms with Crippen LogP contribution in [-0.2, 0) is 25.4 Å². The van der Waals surface area contributed by atoms with Crippen molar-refractivity contribution >= 4 is 17.7 Å². The molecule has 0 saturated carbocycles. The molecular formula is C19H29NO5. The summed E-state index contributed by atoms with van der Waals surface area (Å²) in [5.41, 5.74) is 1.29. The van der Waals surface area contributed by atoms with Gasteiger partial charge in [0.15, 0.2) is 0 Å². The maximum absolute atomic E-state index is 12.3. The van der Waals surface area contributed by atoms with Gasteiger partial charge in [-0.3, -0.25) is 4.90 Å². The Morgan fingerprint density at radius 3 is 2.48 bits per heavy atom. The molecule has 0 aliphatic heterocycles. The molecule has 0 aliphatic carbocycles. The van der Waals surface area contributed by atoms with Gasteiger partial charge in [-0.15, -0.1) is 0 Å². The summed E-state index contributed by atoms with van der Waals surface area (Å²) in [6.45, 7) is 8.04. The molecule has 0 heterocycles. The molecule has 0 bridgehead atoms. The topological polar surface area (TPSA) is 65.1 Å². The largest absolute Gasteiger partial charge is 0.464 e. The van der Waals surface area contributed by atoms with Crippen molar-refractivity contribution in [3.8, 4) is 0 Å². The molecule has 140 valence electrons. The number of rotatable bonds is 8. The quantitative estimate of drug-likeness (QED) is 0.529. The summed E-state index contributed by atoms with van der Waals surface area (Å²) in [6.07, 6.45) is 1.07. The molecule has 0 N–H and O–H groups in total. The molecule has 0 atom stereocenters. The number of benzene rings is 1. The number of carbonyl (C=O) groups is 2. The van der Waals surface area contributed by atoms with Crippen LogP contribution in [0.5, 0.6) is 0 Å². The highest BCUT2D eigenvalue weighted by Gasteiger charge is 2.21. The minimum atomic E-state index is -0.540. The molecule has 0 fully saturated rings. The average molecular weight is 351 g/mol. The number of para-hydroxylation sites is 1. The molecule has 0 saturated heterocycles. The Kier molecular flexibility index (Phi) is 8.41. The number of carbonyl (C=O) groups excluding carboxylic acids is 2. The van der Waals surface area contributed by atoms with Crippen LogP contribution in [0.2, 0.25) is 0 Å². The molecule has 1 rings (SSSR count). The van der Waals surface area contributed by atoms with Crippen LogP contribution in [0.25, 0.3) is 0 Å². The second-order valence-corrected chi connectivity index (χ2v) is 6.63. The lowest BCUT2D eigenvalue weighted by Gasteiger charge is -2.26. The maximum Gasteiger partial charge on any atom is 0.414 e. The summed E-state index contributed by atoms with van der Waals surface area (Å²) in [7, 11) is 1.70. The zero-order chi connectivity index (χ0) is 18.9. The highest BCUT2D eigenvalue weighted by Crippen LogP contribution is 2.22. The molecule has 0 aromatic heterocycles. The Bertz CT molecular complexity index is 565. The number of ether oxygens (including phenoxy) is 3. The third-order valence-corrected chi connectivity index (χ3v) is 3.28. The van der Waals surface area contributed by atoms with Crippen molar-refractivity contribution in [2.75, 3.05) is 31.8 Å². The van der Waals surface area contributed by atoms with Crippen molar-refractivity contribution < 1.29 is 23.8 Å². The predicted octanol–water partition coefficient (Wildman–Crippen LogP) is 3.57. The van der Waals surface area contributed by atoms with E-state index >= 15 is 0 Å². The summed E-state index contributed by atoms with van der Waals surface area (Å²) < 4.78 is 15.5. The Hall–Kier alpha value is -2.08. The van der Waals surface area contributed by atoms with Crippen molar-refractivity contribution in [2.45, 2.75) is 46.1 Å². The lowest BCUT2D eigenvalue weighted by molar-refractivity contribution is -0.148. The first-order valence-corrected chi connectivity index (χ1v) is 8.52. The van der Waals surface area contributed by atoms with Crippen LogP contribution in [0.3, 0.4) is 0 Å². The molecule has 1 aromatic rings. The van der Waals surface area contributed by atoms with E-state index in [-0.39, 0.29) is 12.6 Å². The van der Waals surface area contributed by atoms with Gasteiger partial charge in [0.2, 0.25) is 0 Å². The lowest BCUT2D eigenvalue weighted by atomic mass is 10.1. The van der Waals surface area contributed by atoms with E-state index in [1.165, 1.54) is 4.90 Å². The van der Waals surface area contributed by atoms with E-state index in [1.54, 1.807) is 14.0 Å². The molecular weight excluding hydrogens is 322 g/mol. The van der Waals surface area contributed by atoms with Crippen LogP contribution in [0.4, 0.5) is 10.5 Å². The third-order valence-electron chi connectivity index (χ3n) is 3.28. The Morgan fingerprint density at radius 2 is 1.84 bits per heavy atom. The van der Waals surface area contributed by atoms with Crippen molar-refractivity contribution in [1.29, 1.82) is 0 Å². The minimum Gasteiger partial charge on any atom is -0.464 e. The van der Waals surface area contributed by atoms with E-state index in [4.69, 9.17) is 14.2 Å². The van der Waals surface area contributed by atoms with Crippen molar-refractivity contribution in [1.82, 2.24) is 0 Å². The number of hydrogen-bond acceptors (Lipinski definition) is 5. The second kappa shape index (κ2) is 10.0. The van der Waals surface area contributed by atoms with E-state index in [2.05, 4.69) is 0 Å². The normalized spacial score (nSPS) is 11.1. The Labute approximate surface area is 150 Å². The first kappa shape index (κ1) is 21.0. The summed E-state index contributed by atoms with van der Waals surface area (Å²) >= 11 is 0. The summed E-state index contributed by atoms with van der Waals surface area (Å²) in [6, 6.07) is 7.68. The summed E-state index contributed by atoms with van der Waals surface area (Å²) in [4.78, 5) is 25.0. The van der Waals surface area contributed by atoms with Crippen LogP contribution in [-0.4, -0.2) is 44.5 Å². The van der Waals surface area contributed by atoms with Gasteiger partial charge in [-0.2, -0.15) is 0 Å². The van der Waals surface area contributed by atoms with Gasteiger partial charge in [-0.25, -0.2) is 9.59 Å². The van der Waals surface area contributed by atoms with E-state index < -0.39 is 11.7 Å². The third kappa shape index (κ3) is 8.03. The summed E-state index contributed by atoms with van der Waals surface area (Å²) in [5, 5.41) is 0. The fraction of sp³-hybridized carbons (Fsp3) is 0.579. The monoisotopic (exact) mass is 351 g/mol. The van der Waals surface area contributed by atoms with Gasteiger partial charge >= 0.3 is 12.1 Å². The number of amides is 1. The molecule has 6 heteroatoms. The standard InChI is InChI=1S/C19H29NO5/c1-6-24-17(21)14-23-13-9-11-15-10-7-8-12-16(15)20(5)18(22)25-19(2,3)4/h7-8,10,12H,6,9,11,13-14H2,1-5H3. The van der Waals surface area contributed by atoms with Gasteiger partial charge in [0.1, 0.15) is 12.2 Å². The van der Waals surface area contributed by atoms with Gasteiger partial charge in [0.05, 0.1) is 6.61 Å². The molecule has 6 nitrogen and oxygen atoms in total. The van der Waals surface area contributed by atoms with Crippen molar-refractivity contribution in [2.24, 2.45) is 0 Å². The lowest BCUT2D eigenvalue weighted by Crippen LogP contribution is -2.34. The first-order chi connectivity index (χ1) is 11.7. The zero-order valence-electron chi connectivity index (χ0n) is 15.8. The van der Waals surface area contributed by atoms with Crippen molar-refractivity contribution in [3.05, 3.63) is 29.8 Å². The smallest absolute Gasteiger partial charge is 0.414 e. The Balaban J connectivity index is 2.56. The van der Waals surface area contributed by atoms with Crippen LogP contribution in [0, 0.1) is 0 Å². The number of anilines is 1. The Morgan fingerprint density at radius 1 is 1.16 bits per heavy atom. The molecule has 25 heavy (non-hydrogen) atoms. The van der Waals surface area contributed by atoms with Crippen LogP contribution < -0.4 is 4.90 Å². The fourth-order valence-corrected chi connectivity index (χ4v) is 2.20. The SMILES string of the molecule is CCOC(=O)COCCCc1ccccc1N(C)C(=O)OC(C)(C)C. The summed E-state index contributed by atoms with van der Waals surface area (Å²) in [5.74, 6) is -0.354. The first-order valence-electron chi connectivity index (χ1n) is 8.52. The second-order valence-electron chi connectivity index (χ2n) is 6.63. The van der Waals surface area contributed by atoms with Gasteiger partial charge in [-0.05, 0) is 52.2 Å². The maximum atomic E-state index is 12.3. The van der Waals surface area contributed by atoms with Crippen LogP contribution in [0.15, 0.2) is 24.3 Å². The van der Waals surface area contributed by atoms with Gasteiger partial charge in [-0.1, -0.05) is 18.2 Å². The molecule has 0 aliphatic rings. The van der Waals surface area contributed by atoms with E-state index in [0.29, 0.717) is 13.2 Å². The van der Waals surface area contributed by atoms with Crippen LogP contribution in [0.1, 0.15) is 39.7 Å². The minimum absolute atomic E-state index is 0.0344. The van der Waals surface area contributed by atoms with Crippen molar-refractivity contribution in [3.63, 3.8) is 0 Å². The molecule has 0 unspecified atom stereocenters. The fourth-order valence-electron chi connectivity index (χ4n) is 2.20. The van der Waals surface area contributed by atoms with E-state index in [1.807, 2.05) is 45.0 Å². The van der Waals surface area contributed by atoms with E-state index in [0.717, 1.165) is 24.1 Å². The van der Waals surface area contributed by atoms with Gasteiger partial charge in [0.25, 0.3) is 0 Å². The van der Waals surface area contributed by atoms with Gasteiger partial charge in [0, 0.05) is 19.3 Å². The highest BCUT2D eigenvalue weighted by molar-refractivity contribution is 5.88. The highest BCUT2D eigenvalue weighted by atomic mass is 16.6. The van der Waals surface area contributed by atoms with Crippen LogP contribution >= 0.6 is 0 Å². The zero-order valence-corrected chi connectivity index (χ0v) is 15.8. The number of aryl methyl sites for hydroxylation is 1. The van der Waals surface area contributed by atoms with E-state index in [9.17, 15) is 9.59 Å². The molecule has 1 amide bonds. The predicted molar refractivity (Wildman–Crippen MR) is 96.9 cm³/mol.